The third kappa shape index (κ3) is 7.47. The minimum absolute atomic E-state index is 0.215. The van der Waals surface area contributed by atoms with Crippen LogP contribution in [0.1, 0.15) is 48.1 Å². The molecule has 0 saturated carbocycles. The van der Waals surface area contributed by atoms with Gasteiger partial charge in [0.25, 0.3) is 11.8 Å². The average molecular weight is 430 g/mol. The summed E-state index contributed by atoms with van der Waals surface area (Å²) >= 11 is 1.53. The van der Waals surface area contributed by atoms with Crippen LogP contribution < -0.4 is 16.2 Å². The van der Waals surface area contributed by atoms with E-state index < -0.39 is 17.2 Å². The molecule has 0 saturated heterocycles. The Balaban J connectivity index is 1.80. The van der Waals surface area contributed by atoms with Gasteiger partial charge in [-0.15, -0.1) is 0 Å². The number of carbonyl (C=O) groups excluding carboxylic acids is 3. The van der Waals surface area contributed by atoms with Crippen molar-refractivity contribution in [3.63, 3.8) is 0 Å². The van der Waals surface area contributed by atoms with Crippen molar-refractivity contribution in [2.45, 2.75) is 45.5 Å². The predicted octanol–water partition coefficient (Wildman–Crippen LogP) is 2.31. The van der Waals surface area contributed by atoms with Gasteiger partial charge in [0.1, 0.15) is 0 Å². The number of carbonyl (C=O) groups is 3. The number of hydrogen-bond acceptors (Lipinski definition) is 6. The molecule has 8 nitrogen and oxygen atoms in total. The zero-order valence-electron chi connectivity index (χ0n) is 17.8. The zero-order valence-corrected chi connectivity index (χ0v) is 18.6. The quantitative estimate of drug-likeness (QED) is 0.369. The normalized spacial score (nSPS) is 11.0. The second-order valence-electron chi connectivity index (χ2n) is 7.85. The highest BCUT2D eigenvalue weighted by atomic mass is 32.2. The Morgan fingerprint density at radius 3 is 2.13 bits per heavy atom. The smallest absolute Gasteiger partial charge is 0.269 e. The van der Waals surface area contributed by atoms with Gasteiger partial charge in [-0.1, -0.05) is 44.7 Å². The first-order valence-electron chi connectivity index (χ1n) is 9.46. The van der Waals surface area contributed by atoms with E-state index in [1.165, 1.54) is 11.8 Å². The molecule has 0 spiro atoms. The van der Waals surface area contributed by atoms with Crippen LogP contribution in [-0.4, -0.2) is 34.2 Å². The van der Waals surface area contributed by atoms with E-state index in [4.69, 9.17) is 0 Å². The molecule has 1 aromatic carbocycles. The lowest BCUT2D eigenvalue weighted by atomic mass is 9.96. The number of hydrogen-bond donors (Lipinski definition) is 3. The van der Waals surface area contributed by atoms with Gasteiger partial charge < -0.3 is 5.32 Å². The van der Waals surface area contributed by atoms with Crippen molar-refractivity contribution in [3.8, 4) is 0 Å². The molecule has 0 atom stereocenters. The fraction of sp³-hybridized carbons (Fsp3) is 0.381. The van der Waals surface area contributed by atoms with Crippen LogP contribution in [0.4, 0.5) is 0 Å². The van der Waals surface area contributed by atoms with Gasteiger partial charge in [0.2, 0.25) is 5.91 Å². The molecule has 2 aromatic rings. The topological polar surface area (TPSA) is 113 Å². The maximum Gasteiger partial charge on any atom is 0.269 e. The Kier molecular flexibility index (Phi) is 7.93. The molecule has 1 heterocycles. The molecule has 3 amide bonds. The average Bonchev–Trinajstić information content (AvgIpc) is 2.67. The molecule has 0 radical (unpaired) electrons. The van der Waals surface area contributed by atoms with Crippen molar-refractivity contribution in [2.75, 3.05) is 6.54 Å². The minimum atomic E-state index is -0.589. The lowest BCUT2D eigenvalue weighted by Gasteiger charge is -2.17. The molecule has 0 aliphatic carbocycles. The van der Waals surface area contributed by atoms with Gasteiger partial charge in [0.05, 0.1) is 6.54 Å². The van der Waals surface area contributed by atoms with Crippen molar-refractivity contribution in [1.82, 2.24) is 26.1 Å². The van der Waals surface area contributed by atoms with Crippen molar-refractivity contribution in [3.05, 3.63) is 52.8 Å². The summed E-state index contributed by atoms with van der Waals surface area (Å²) in [6.45, 7) is 8.90. The van der Waals surface area contributed by atoms with Crippen molar-refractivity contribution >= 4 is 29.5 Å². The summed E-state index contributed by atoms with van der Waals surface area (Å²) in [6, 6.07) is 8.98. The van der Waals surface area contributed by atoms with E-state index in [1.807, 2.05) is 32.0 Å². The van der Waals surface area contributed by atoms with Gasteiger partial charge in [-0.3, -0.25) is 25.2 Å². The summed E-state index contributed by atoms with van der Waals surface area (Å²) in [5, 5.41) is 3.23. The van der Waals surface area contributed by atoms with Gasteiger partial charge in [-0.2, -0.15) is 0 Å². The van der Waals surface area contributed by atoms with E-state index in [2.05, 4.69) is 26.1 Å². The second-order valence-corrected chi connectivity index (χ2v) is 8.80. The maximum absolute atomic E-state index is 12.2. The first-order valence-corrected chi connectivity index (χ1v) is 10.4. The van der Waals surface area contributed by atoms with E-state index in [9.17, 15) is 14.4 Å². The van der Waals surface area contributed by atoms with Crippen LogP contribution in [0.3, 0.4) is 0 Å². The molecule has 0 bridgehead atoms. The van der Waals surface area contributed by atoms with Crippen LogP contribution >= 0.6 is 11.8 Å². The highest BCUT2D eigenvalue weighted by molar-refractivity contribution is 7.98. The molecule has 30 heavy (non-hydrogen) atoms. The lowest BCUT2D eigenvalue weighted by Crippen LogP contribution is -2.47. The van der Waals surface area contributed by atoms with Crippen molar-refractivity contribution < 1.29 is 14.4 Å². The number of rotatable bonds is 6. The number of nitrogens with zero attached hydrogens (tertiary/aromatic N) is 2. The van der Waals surface area contributed by atoms with Crippen LogP contribution in [0.15, 0.2) is 35.5 Å². The molecule has 0 aliphatic rings. The molecule has 0 aliphatic heterocycles. The number of aryl methyl sites for hydroxylation is 2. The number of nitrogens with one attached hydrogen (secondary N) is 3. The van der Waals surface area contributed by atoms with Crippen LogP contribution in [0, 0.1) is 19.3 Å². The molecular formula is C21H27N5O3S. The third-order valence-corrected chi connectivity index (χ3v) is 4.87. The summed E-state index contributed by atoms with van der Waals surface area (Å²) in [6.07, 6.45) is 0. The van der Waals surface area contributed by atoms with Gasteiger partial charge in [0.15, 0.2) is 5.16 Å². The molecule has 9 heteroatoms. The molecule has 0 unspecified atom stereocenters. The van der Waals surface area contributed by atoms with Crippen molar-refractivity contribution in [1.29, 1.82) is 0 Å². The Morgan fingerprint density at radius 2 is 1.57 bits per heavy atom. The molecule has 3 N–H and O–H groups in total. The summed E-state index contributed by atoms with van der Waals surface area (Å²) in [4.78, 5) is 44.5. The Bertz CT molecular complexity index is 903. The van der Waals surface area contributed by atoms with Crippen molar-refractivity contribution in [2.24, 2.45) is 5.41 Å². The third-order valence-electron chi connectivity index (χ3n) is 3.95. The largest absolute Gasteiger partial charge is 0.347 e. The monoisotopic (exact) mass is 429 g/mol. The van der Waals surface area contributed by atoms with Gasteiger partial charge in [-0.05, 0) is 37.6 Å². The first kappa shape index (κ1) is 23.3. The van der Waals surface area contributed by atoms with Crippen LogP contribution in [0.2, 0.25) is 0 Å². The van der Waals surface area contributed by atoms with E-state index in [1.54, 1.807) is 32.9 Å². The highest BCUT2D eigenvalue weighted by Crippen LogP contribution is 2.20. The Hall–Kier alpha value is -2.94. The van der Waals surface area contributed by atoms with E-state index in [0.29, 0.717) is 11.3 Å². The first-order chi connectivity index (χ1) is 14.0. The molecular weight excluding hydrogens is 402 g/mol. The number of amides is 3. The number of aromatic nitrogens is 2. The number of benzene rings is 1. The fourth-order valence-electron chi connectivity index (χ4n) is 2.33. The summed E-state index contributed by atoms with van der Waals surface area (Å²) < 4.78 is 0. The Morgan fingerprint density at radius 1 is 0.967 bits per heavy atom. The fourth-order valence-corrected chi connectivity index (χ4v) is 3.23. The summed E-state index contributed by atoms with van der Waals surface area (Å²) in [7, 11) is 0. The maximum atomic E-state index is 12.2. The van der Waals surface area contributed by atoms with Crippen LogP contribution in [0.25, 0.3) is 0 Å². The summed E-state index contributed by atoms with van der Waals surface area (Å²) in [5.74, 6) is -0.525. The Labute approximate surface area is 180 Å². The van der Waals surface area contributed by atoms with E-state index in [0.717, 1.165) is 22.1 Å². The van der Waals surface area contributed by atoms with E-state index >= 15 is 0 Å². The van der Waals surface area contributed by atoms with Gasteiger partial charge in [-0.25, -0.2) is 9.97 Å². The number of thioether (sulfide) groups is 1. The van der Waals surface area contributed by atoms with Crippen LogP contribution in [0.5, 0.6) is 0 Å². The number of hydrazine groups is 1. The SMILES string of the molecule is Cc1cc(C)nc(SCc2ccc(C(=O)NNC(=O)CNC(=O)C(C)(C)C)cc2)n1. The molecule has 0 fully saturated rings. The standard InChI is InChI=1S/C21H27N5O3S/c1-13-10-14(2)24-20(23-13)30-12-15-6-8-16(9-7-15)18(28)26-25-17(27)11-22-19(29)21(3,4)5/h6-10H,11-12H2,1-5H3,(H,22,29)(H,25,27)(H,26,28). The highest BCUT2D eigenvalue weighted by Gasteiger charge is 2.21. The summed E-state index contributed by atoms with van der Waals surface area (Å²) in [5.41, 5.74) is 7.32. The van der Waals surface area contributed by atoms with E-state index in [-0.39, 0.29) is 12.5 Å². The van der Waals surface area contributed by atoms with Gasteiger partial charge >= 0.3 is 0 Å². The predicted molar refractivity (Wildman–Crippen MR) is 116 cm³/mol. The van der Waals surface area contributed by atoms with Crippen LogP contribution in [-0.2, 0) is 15.3 Å². The molecule has 1 aromatic heterocycles. The molecule has 2 rings (SSSR count). The minimum Gasteiger partial charge on any atom is -0.347 e. The lowest BCUT2D eigenvalue weighted by molar-refractivity contribution is -0.131. The zero-order chi connectivity index (χ0) is 22.3. The molecule has 160 valence electrons. The van der Waals surface area contributed by atoms with Gasteiger partial charge in [0, 0.05) is 28.1 Å². The second kappa shape index (κ2) is 10.2.